The molecule has 0 amide bonds. The summed E-state index contributed by atoms with van der Waals surface area (Å²) in [7, 11) is 0. The highest BCUT2D eigenvalue weighted by molar-refractivity contribution is 6.07. The third-order valence-corrected chi connectivity index (χ3v) is 4.28. The summed E-state index contributed by atoms with van der Waals surface area (Å²) in [5, 5.41) is 2.24. The number of hydrogen-bond donors (Lipinski definition) is 2. The van der Waals surface area contributed by atoms with Gasteiger partial charge < -0.3 is 11.5 Å². The van der Waals surface area contributed by atoms with E-state index in [1.165, 1.54) is 0 Å². The summed E-state index contributed by atoms with van der Waals surface area (Å²) in [6.45, 7) is 0. The number of nitrogens with two attached hydrogens (primary N) is 2. The molecule has 0 aliphatic rings. The predicted octanol–water partition coefficient (Wildman–Crippen LogP) is 5.34. The van der Waals surface area contributed by atoms with Gasteiger partial charge >= 0.3 is 0 Å². The van der Waals surface area contributed by atoms with Gasteiger partial charge in [0.05, 0.1) is 0 Å². The molecule has 4 aromatic carbocycles. The highest BCUT2D eigenvalue weighted by Gasteiger charge is 2.11. The van der Waals surface area contributed by atoms with Gasteiger partial charge in [-0.2, -0.15) is 0 Å². The SMILES string of the molecule is Nc1cc(-c2ccccc2)c2cc(N)cc(-c3ccccc3)c2c1. The second-order valence-electron chi connectivity index (χ2n) is 5.96. The van der Waals surface area contributed by atoms with Gasteiger partial charge in [0, 0.05) is 11.4 Å². The molecule has 2 nitrogen and oxygen atoms in total. The summed E-state index contributed by atoms with van der Waals surface area (Å²) in [5.74, 6) is 0. The van der Waals surface area contributed by atoms with Gasteiger partial charge in [-0.25, -0.2) is 0 Å². The molecule has 4 rings (SSSR count). The molecule has 0 saturated carbocycles. The molecule has 0 saturated heterocycles. The maximum atomic E-state index is 6.22. The Balaban J connectivity index is 2.09. The summed E-state index contributed by atoms with van der Waals surface area (Å²) in [4.78, 5) is 0. The molecule has 2 heteroatoms. The minimum absolute atomic E-state index is 0.753. The van der Waals surface area contributed by atoms with Crippen molar-refractivity contribution in [2.45, 2.75) is 0 Å². The molecule has 0 fully saturated rings. The van der Waals surface area contributed by atoms with Crippen LogP contribution in [0, 0.1) is 0 Å². The Bertz CT molecular complexity index is 921. The summed E-state index contributed by atoms with van der Waals surface area (Å²) < 4.78 is 0. The first-order valence-electron chi connectivity index (χ1n) is 7.96. The summed E-state index contributed by atoms with van der Waals surface area (Å²) in [6.07, 6.45) is 0. The van der Waals surface area contributed by atoms with E-state index in [0.29, 0.717) is 0 Å². The van der Waals surface area contributed by atoms with Crippen LogP contribution in [0.15, 0.2) is 84.9 Å². The van der Waals surface area contributed by atoms with Crippen LogP contribution in [0.25, 0.3) is 33.0 Å². The fourth-order valence-electron chi connectivity index (χ4n) is 3.22. The maximum Gasteiger partial charge on any atom is 0.0326 e. The number of fused-ring (bicyclic) bond motifs is 1. The summed E-state index contributed by atoms with van der Waals surface area (Å²) >= 11 is 0. The van der Waals surface area contributed by atoms with Gasteiger partial charge in [-0.1, -0.05) is 60.7 Å². The molecule has 0 aliphatic heterocycles. The third kappa shape index (κ3) is 2.48. The van der Waals surface area contributed by atoms with Gasteiger partial charge in [-0.3, -0.25) is 0 Å². The molecule has 4 aromatic rings. The van der Waals surface area contributed by atoms with Crippen molar-refractivity contribution in [1.82, 2.24) is 0 Å². The molecule has 116 valence electrons. The quantitative estimate of drug-likeness (QED) is 0.491. The molecule has 0 atom stereocenters. The molecule has 0 bridgehead atoms. The zero-order valence-electron chi connectivity index (χ0n) is 13.2. The lowest BCUT2D eigenvalue weighted by Gasteiger charge is -2.14. The van der Waals surface area contributed by atoms with Crippen molar-refractivity contribution in [3.05, 3.63) is 84.9 Å². The van der Waals surface area contributed by atoms with Crippen molar-refractivity contribution < 1.29 is 0 Å². The molecule has 4 N–H and O–H groups in total. The van der Waals surface area contributed by atoms with Crippen LogP contribution in [0.4, 0.5) is 11.4 Å². The van der Waals surface area contributed by atoms with Gasteiger partial charge in [0.2, 0.25) is 0 Å². The molecule has 0 heterocycles. The maximum absolute atomic E-state index is 6.22. The van der Waals surface area contributed by atoms with Gasteiger partial charge in [0.15, 0.2) is 0 Å². The van der Waals surface area contributed by atoms with Gasteiger partial charge in [0.1, 0.15) is 0 Å². The van der Waals surface area contributed by atoms with Crippen molar-refractivity contribution in [2.24, 2.45) is 0 Å². The van der Waals surface area contributed by atoms with Gasteiger partial charge in [0.25, 0.3) is 0 Å². The second kappa shape index (κ2) is 5.74. The van der Waals surface area contributed by atoms with Crippen LogP contribution in [-0.4, -0.2) is 0 Å². The highest BCUT2D eigenvalue weighted by Crippen LogP contribution is 2.38. The Morgan fingerprint density at radius 2 is 0.833 bits per heavy atom. The number of nitrogen functional groups attached to an aromatic ring is 2. The van der Waals surface area contributed by atoms with E-state index in [4.69, 9.17) is 11.5 Å². The van der Waals surface area contributed by atoms with Crippen molar-refractivity contribution in [2.75, 3.05) is 11.5 Å². The van der Waals surface area contributed by atoms with E-state index in [9.17, 15) is 0 Å². The molecule has 0 radical (unpaired) electrons. The van der Waals surface area contributed by atoms with Crippen molar-refractivity contribution in [1.29, 1.82) is 0 Å². The van der Waals surface area contributed by atoms with E-state index in [1.54, 1.807) is 0 Å². The van der Waals surface area contributed by atoms with Crippen LogP contribution in [0.5, 0.6) is 0 Å². The lowest BCUT2D eigenvalue weighted by Crippen LogP contribution is -1.93. The van der Waals surface area contributed by atoms with Gasteiger partial charge in [-0.05, 0) is 57.3 Å². The Morgan fingerprint density at radius 1 is 0.458 bits per heavy atom. The third-order valence-electron chi connectivity index (χ3n) is 4.28. The van der Waals surface area contributed by atoms with Crippen LogP contribution in [0.1, 0.15) is 0 Å². The van der Waals surface area contributed by atoms with E-state index in [0.717, 1.165) is 44.4 Å². The van der Waals surface area contributed by atoms with Crippen molar-refractivity contribution >= 4 is 22.1 Å². The highest BCUT2D eigenvalue weighted by atomic mass is 14.6. The molecular weight excluding hydrogens is 292 g/mol. The zero-order valence-corrected chi connectivity index (χ0v) is 13.2. The zero-order chi connectivity index (χ0) is 16.5. The van der Waals surface area contributed by atoms with Crippen molar-refractivity contribution in [3.63, 3.8) is 0 Å². The van der Waals surface area contributed by atoms with Crippen LogP contribution in [0.2, 0.25) is 0 Å². The number of benzene rings is 4. The smallest absolute Gasteiger partial charge is 0.0326 e. The fraction of sp³-hybridized carbons (Fsp3) is 0. The Morgan fingerprint density at radius 3 is 1.21 bits per heavy atom. The van der Waals surface area contributed by atoms with Crippen LogP contribution < -0.4 is 11.5 Å². The average molecular weight is 310 g/mol. The summed E-state index contributed by atoms with van der Waals surface area (Å²) in [5.41, 5.74) is 18.4. The van der Waals surface area contributed by atoms with Gasteiger partial charge in [-0.15, -0.1) is 0 Å². The van der Waals surface area contributed by atoms with E-state index in [1.807, 2.05) is 60.7 Å². The number of anilines is 2. The first-order chi connectivity index (χ1) is 11.7. The molecular formula is C22H18N2. The van der Waals surface area contributed by atoms with E-state index in [2.05, 4.69) is 24.3 Å². The summed E-state index contributed by atoms with van der Waals surface area (Å²) in [6, 6.07) is 28.7. The number of rotatable bonds is 2. The van der Waals surface area contributed by atoms with E-state index >= 15 is 0 Å². The topological polar surface area (TPSA) is 52.0 Å². The molecule has 0 unspecified atom stereocenters. The Kier molecular flexibility index (Phi) is 3.43. The average Bonchev–Trinajstić information content (AvgIpc) is 2.62. The molecule has 24 heavy (non-hydrogen) atoms. The van der Waals surface area contributed by atoms with E-state index < -0.39 is 0 Å². The lowest BCUT2D eigenvalue weighted by atomic mass is 9.91. The Labute approximate surface area is 141 Å². The Hall–Kier alpha value is -3.26. The van der Waals surface area contributed by atoms with Crippen LogP contribution in [-0.2, 0) is 0 Å². The lowest BCUT2D eigenvalue weighted by molar-refractivity contribution is 1.62. The molecule has 0 spiro atoms. The first-order valence-corrected chi connectivity index (χ1v) is 7.96. The van der Waals surface area contributed by atoms with Crippen LogP contribution >= 0.6 is 0 Å². The standard InChI is InChI=1S/C22H18N2/c23-17-11-19(15-7-3-1-4-8-15)21-13-18(24)12-20(22(21)14-17)16-9-5-2-6-10-16/h1-14H,23-24H2. The first kappa shape index (κ1) is 14.3. The minimum atomic E-state index is 0.753. The predicted molar refractivity (Wildman–Crippen MR) is 104 cm³/mol. The molecule has 0 aliphatic carbocycles. The second-order valence-corrected chi connectivity index (χ2v) is 5.96. The monoisotopic (exact) mass is 310 g/mol. The molecule has 0 aromatic heterocycles. The minimum Gasteiger partial charge on any atom is -0.399 e. The van der Waals surface area contributed by atoms with Crippen molar-refractivity contribution in [3.8, 4) is 22.3 Å². The number of hydrogen-bond acceptors (Lipinski definition) is 2. The van der Waals surface area contributed by atoms with E-state index in [-0.39, 0.29) is 0 Å². The van der Waals surface area contributed by atoms with Crippen LogP contribution in [0.3, 0.4) is 0 Å². The normalized spacial score (nSPS) is 10.8. The fourth-order valence-corrected chi connectivity index (χ4v) is 3.22. The largest absolute Gasteiger partial charge is 0.399 e.